The van der Waals surface area contributed by atoms with Gasteiger partial charge in [-0.2, -0.15) is 0 Å². The summed E-state index contributed by atoms with van der Waals surface area (Å²) in [6.07, 6.45) is 3.80. The van der Waals surface area contributed by atoms with Crippen LogP contribution in [0.25, 0.3) is 0 Å². The Balaban J connectivity index is 1.90. The van der Waals surface area contributed by atoms with Crippen molar-refractivity contribution < 1.29 is 9.47 Å². The molecule has 2 rings (SSSR count). The van der Waals surface area contributed by atoms with Crippen LogP contribution in [-0.4, -0.2) is 19.8 Å². The molecule has 1 aromatic rings. The van der Waals surface area contributed by atoms with Crippen LogP contribution < -0.4 is 16.0 Å². The summed E-state index contributed by atoms with van der Waals surface area (Å²) < 4.78 is 10.8. The summed E-state index contributed by atoms with van der Waals surface area (Å²) in [6, 6.07) is 8.27. The summed E-state index contributed by atoms with van der Waals surface area (Å²) in [4.78, 5) is 0. The number of hydrazine groups is 1. The molecule has 19 heavy (non-hydrogen) atoms. The van der Waals surface area contributed by atoms with Crippen molar-refractivity contribution in [2.24, 2.45) is 11.8 Å². The molecular weight excluding hydrogens is 240 g/mol. The zero-order valence-electron chi connectivity index (χ0n) is 11.8. The summed E-state index contributed by atoms with van der Waals surface area (Å²) >= 11 is 0. The Morgan fingerprint density at radius 1 is 1.42 bits per heavy atom. The Hall–Kier alpha value is -1.10. The fourth-order valence-corrected chi connectivity index (χ4v) is 2.73. The van der Waals surface area contributed by atoms with E-state index in [9.17, 15) is 0 Å². The highest BCUT2D eigenvalue weighted by Crippen LogP contribution is 2.37. The number of nitrogens with one attached hydrogen (secondary N) is 1. The van der Waals surface area contributed by atoms with Gasteiger partial charge in [0, 0.05) is 12.6 Å². The molecule has 0 radical (unpaired) electrons. The summed E-state index contributed by atoms with van der Waals surface area (Å²) in [7, 11) is 1.68. The largest absolute Gasteiger partial charge is 0.497 e. The average Bonchev–Trinajstić information content (AvgIpc) is 2.41. The third-order valence-corrected chi connectivity index (χ3v) is 3.86. The second-order valence-corrected chi connectivity index (χ2v) is 5.15. The van der Waals surface area contributed by atoms with Crippen molar-refractivity contribution in [3.05, 3.63) is 29.8 Å². The van der Waals surface area contributed by atoms with Gasteiger partial charge in [-0.25, -0.2) is 0 Å². The zero-order valence-corrected chi connectivity index (χ0v) is 11.8. The highest BCUT2D eigenvalue weighted by Gasteiger charge is 2.31. The average molecular weight is 264 g/mol. The number of rotatable bonds is 7. The second-order valence-electron chi connectivity index (χ2n) is 5.15. The summed E-state index contributed by atoms with van der Waals surface area (Å²) in [6.45, 7) is 2.86. The molecule has 1 saturated carbocycles. The van der Waals surface area contributed by atoms with E-state index in [2.05, 4.69) is 11.5 Å². The second kappa shape index (κ2) is 6.89. The maximum absolute atomic E-state index is 5.69. The highest BCUT2D eigenvalue weighted by atomic mass is 16.5. The molecule has 0 spiro atoms. The number of hydrogen-bond acceptors (Lipinski definition) is 4. The van der Waals surface area contributed by atoms with Crippen molar-refractivity contribution in [1.29, 1.82) is 0 Å². The lowest BCUT2D eigenvalue weighted by molar-refractivity contribution is -0.0291. The van der Waals surface area contributed by atoms with E-state index in [4.69, 9.17) is 15.3 Å². The molecule has 106 valence electrons. The monoisotopic (exact) mass is 264 g/mol. The van der Waals surface area contributed by atoms with Crippen LogP contribution in [-0.2, 0) is 4.74 Å². The molecule has 4 heteroatoms. The van der Waals surface area contributed by atoms with Gasteiger partial charge < -0.3 is 9.47 Å². The smallest absolute Gasteiger partial charge is 0.119 e. The Morgan fingerprint density at radius 3 is 2.84 bits per heavy atom. The molecule has 1 fully saturated rings. The fraction of sp³-hybridized carbons (Fsp3) is 0.600. The van der Waals surface area contributed by atoms with Crippen molar-refractivity contribution in [3.63, 3.8) is 0 Å². The molecule has 3 N–H and O–H groups in total. The minimum absolute atomic E-state index is 0.183. The van der Waals surface area contributed by atoms with Crippen molar-refractivity contribution in [2.75, 3.05) is 13.7 Å². The van der Waals surface area contributed by atoms with Gasteiger partial charge in [0.05, 0.1) is 13.2 Å². The molecule has 0 amide bonds. The highest BCUT2D eigenvalue weighted by molar-refractivity contribution is 5.30. The number of ether oxygens (including phenoxy) is 2. The number of methoxy groups -OCH3 is 1. The van der Waals surface area contributed by atoms with E-state index in [-0.39, 0.29) is 6.04 Å². The lowest BCUT2D eigenvalue weighted by atomic mass is 9.77. The Bertz CT molecular complexity index is 391. The third-order valence-electron chi connectivity index (χ3n) is 3.86. The maximum Gasteiger partial charge on any atom is 0.119 e. The Morgan fingerprint density at radius 2 is 2.21 bits per heavy atom. The van der Waals surface area contributed by atoms with Crippen LogP contribution in [0.15, 0.2) is 24.3 Å². The molecule has 1 aromatic carbocycles. The zero-order chi connectivity index (χ0) is 13.7. The summed E-state index contributed by atoms with van der Waals surface area (Å²) in [5, 5.41) is 0. The normalized spacial score (nSPS) is 23.7. The molecule has 1 aliphatic carbocycles. The van der Waals surface area contributed by atoms with Crippen LogP contribution in [0.5, 0.6) is 5.75 Å². The van der Waals surface area contributed by atoms with Gasteiger partial charge in [-0.05, 0) is 49.8 Å². The first-order chi connectivity index (χ1) is 9.26. The lowest BCUT2D eigenvalue weighted by Crippen LogP contribution is -2.36. The minimum Gasteiger partial charge on any atom is -0.497 e. The van der Waals surface area contributed by atoms with Gasteiger partial charge in [0.2, 0.25) is 0 Å². The standard InChI is InChI=1S/C15H24N2O2/c1-3-19-14-7-11(8-14)9-15(17-16)12-5-4-6-13(10-12)18-2/h4-6,10-11,14-15,17H,3,7-9,16H2,1-2H3. The quantitative estimate of drug-likeness (QED) is 0.586. The van der Waals surface area contributed by atoms with Gasteiger partial charge in [0.25, 0.3) is 0 Å². The van der Waals surface area contributed by atoms with Crippen molar-refractivity contribution in [3.8, 4) is 5.75 Å². The predicted octanol–water partition coefficient (Wildman–Crippen LogP) is 2.40. The number of benzene rings is 1. The van der Waals surface area contributed by atoms with Crippen LogP contribution >= 0.6 is 0 Å². The van der Waals surface area contributed by atoms with Gasteiger partial charge in [-0.15, -0.1) is 0 Å². The van der Waals surface area contributed by atoms with Crippen LogP contribution in [0.2, 0.25) is 0 Å². The van der Waals surface area contributed by atoms with E-state index < -0.39 is 0 Å². The summed E-state index contributed by atoms with van der Waals surface area (Å²) in [5.41, 5.74) is 4.10. The van der Waals surface area contributed by atoms with E-state index in [1.807, 2.05) is 25.1 Å². The molecule has 1 atom stereocenters. The van der Waals surface area contributed by atoms with Crippen LogP contribution in [0.3, 0.4) is 0 Å². The molecule has 0 bridgehead atoms. The van der Waals surface area contributed by atoms with E-state index in [0.717, 1.165) is 31.6 Å². The molecule has 0 aliphatic heterocycles. The topological polar surface area (TPSA) is 56.5 Å². The van der Waals surface area contributed by atoms with Crippen molar-refractivity contribution in [1.82, 2.24) is 5.43 Å². The maximum atomic E-state index is 5.69. The first-order valence-electron chi connectivity index (χ1n) is 6.98. The Kier molecular flexibility index (Phi) is 5.19. The van der Waals surface area contributed by atoms with Gasteiger partial charge in [-0.3, -0.25) is 11.3 Å². The van der Waals surface area contributed by atoms with Crippen LogP contribution in [0.1, 0.15) is 37.8 Å². The molecule has 4 nitrogen and oxygen atoms in total. The van der Waals surface area contributed by atoms with Crippen molar-refractivity contribution >= 4 is 0 Å². The van der Waals surface area contributed by atoms with E-state index in [1.54, 1.807) is 7.11 Å². The lowest BCUT2D eigenvalue weighted by Gasteiger charge is -2.37. The Labute approximate surface area is 115 Å². The molecule has 0 heterocycles. The first-order valence-corrected chi connectivity index (χ1v) is 6.98. The predicted molar refractivity (Wildman–Crippen MR) is 75.8 cm³/mol. The molecule has 1 aliphatic rings. The van der Waals surface area contributed by atoms with Gasteiger partial charge in [-0.1, -0.05) is 12.1 Å². The molecular formula is C15H24N2O2. The van der Waals surface area contributed by atoms with Gasteiger partial charge in [0.1, 0.15) is 5.75 Å². The fourth-order valence-electron chi connectivity index (χ4n) is 2.73. The summed E-state index contributed by atoms with van der Waals surface area (Å²) in [5.74, 6) is 7.27. The molecule has 1 unspecified atom stereocenters. The van der Waals surface area contributed by atoms with Crippen LogP contribution in [0.4, 0.5) is 0 Å². The van der Waals surface area contributed by atoms with Gasteiger partial charge in [0.15, 0.2) is 0 Å². The van der Waals surface area contributed by atoms with E-state index in [1.165, 1.54) is 5.56 Å². The SMILES string of the molecule is CCOC1CC(CC(NN)c2cccc(OC)c2)C1. The molecule has 0 aromatic heterocycles. The number of hydrogen-bond donors (Lipinski definition) is 2. The van der Waals surface area contributed by atoms with E-state index >= 15 is 0 Å². The van der Waals surface area contributed by atoms with Gasteiger partial charge >= 0.3 is 0 Å². The first kappa shape index (κ1) is 14.3. The third kappa shape index (κ3) is 3.69. The van der Waals surface area contributed by atoms with Crippen LogP contribution in [0, 0.1) is 5.92 Å². The number of nitrogens with two attached hydrogens (primary N) is 1. The van der Waals surface area contributed by atoms with E-state index in [0.29, 0.717) is 12.0 Å². The van der Waals surface area contributed by atoms with Crippen molar-refractivity contribution in [2.45, 2.75) is 38.3 Å². The molecule has 0 saturated heterocycles. The minimum atomic E-state index is 0.183.